The summed E-state index contributed by atoms with van der Waals surface area (Å²) in [5.74, 6) is -0.589. The third-order valence-electron chi connectivity index (χ3n) is 2.65. The largest absolute Gasteiger partial charge is 0.454 e. The van der Waals surface area contributed by atoms with Gasteiger partial charge in [0.05, 0.1) is 18.8 Å². The number of rotatable bonds is 5. The monoisotopic (exact) mass is 271 g/mol. The highest BCUT2D eigenvalue weighted by atomic mass is 16.7. The molecule has 1 rings (SSSR count). The predicted molar refractivity (Wildman–Crippen MR) is 65.0 cm³/mol. The van der Waals surface area contributed by atoms with Crippen LogP contribution in [0.25, 0.3) is 10.4 Å². The van der Waals surface area contributed by atoms with E-state index >= 15 is 0 Å². The molecule has 1 saturated heterocycles. The lowest BCUT2D eigenvalue weighted by molar-refractivity contribution is -0.271. The van der Waals surface area contributed by atoms with Gasteiger partial charge in [0.2, 0.25) is 0 Å². The van der Waals surface area contributed by atoms with Crippen LogP contribution in [0.5, 0.6) is 0 Å². The Labute approximate surface area is 110 Å². The molecule has 0 aromatic heterocycles. The molecule has 1 N–H and O–H groups in total. The SMILES string of the molecule is C=CCO[C@H]1O[C@H](C)[C@@H](N=[N+]=[N-])[C@H](O)[C@@H]1OC(C)=O. The summed E-state index contributed by atoms with van der Waals surface area (Å²) in [5, 5.41) is 13.6. The molecule has 106 valence electrons. The van der Waals surface area contributed by atoms with Gasteiger partial charge in [0.1, 0.15) is 6.10 Å². The zero-order valence-electron chi connectivity index (χ0n) is 10.8. The van der Waals surface area contributed by atoms with Crippen molar-refractivity contribution in [1.29, 1.82) is 0 Å². The second-order valence-corrected chi connectivity index (χ2v) is 4.09. The van der Waals surface area contributed by atoms with Crippen LogP contribution in [-0.4, -0.2) is 48.3 Å². The normalized spacial score (nSPS) is 34.2. The van der Waals surface area contributed by atoms with Crippen molar-refractivity contribution in [2.75, 3.05) is 6.61 Å². The number of aliphatic hydroxyl groups excluding tert-OH is 1. The summed E-state index contributed by atoms with van der Waals surface area (Å²) >= 11 is 0. The average molecular weight is 271 g/mol. The Morgan fingerprint density at radius 3 is 2.89 bits per heavy atom. The Balaban J connectivity index is 2.89. The number of carbonyl (C=O) groups is 1. The van der Waals surface area contributed by atoms with Crippen molar-refractivity contribution in [2.45, 2.75) is 44.5 Å². The fraction of sp³-hybridized carbons (Fsp3) is 0.727. The second kappa shape index (κ2) is 7.10. The third kappa shape index (κ3) is 3.93. The molecule has 0 aliphatic carbocycles. The molecule has 0 amide bonds. The molecule has 8 heteroatoms. The first-order valence-corrected chi connectivity index (χ1v) is 5.78. The van der Waals surface area contributed by atoms with E-state index in [1.807, 2.05) is 0 Å². The van der Waals surface area contributed by atoms with Crippen LogP contribution in [0.3, 0.4) is 0 Å². The van der Waals surface area contributed by atoms with Crippen molar-refractivity contribution in [3.8, 4) is 0 Å². The van der Waals surface area contributed by atoms with Gasteiger partial charge in [-0.15, -0.1) is 6.58 Å². The maximum atomic E-state index is 11.1. The third-order valence-corrected chi connectivity index (χ3v) is 2.65. The van der Waals surface area contributed by atoms with Gasteiger partial charge in [-0.1, -0.05) is 11.2 Å². The average Bonchev–Trinajstić information content (AvgIpc) is 2.35. The molecular formula is C11H17N3O5. The van der Waals surface area contributed by atoms with Crippen LogP contribution in [0.15, 0.2) is 17.8 Å². The first-order chi connectivity index (χ1) is 9.01. The summed E-state index contributed by atoms with van der Waals surface area (Å²) in [7, 11) is 0. The summed E-state index contributed by atoms with van der Waals surface area (Å²) in [5.41, 5.74) is 8.47. The molecule has 0 aromatic rings. The van der Waals surface area contributed by atoms with Crippen LogP contribution in [0.2, 0.25) is 0 Å². The van der Waals surface area contributed by atoms with E-state index in [4.69, 9.17) is 19.7 Å². The van der Waals surface area contributed by atoms with Crippen molar-refractivity contribution in [3.63, 3.8) is 0 Å². The summed E-state index contributed by atoms with van der Waals surface area (Å²) in [6.07, 6.45) is -2.24. The molecule has 5 atom stereocenters. The zero-order chi connectivity index (χ0) is 14.4. The van der Waals surface area contributed by atoms with Gasteiger partial charge in [-0.2, -0.15) is 0 Å². The number of azide groups is 1. The number of ether oxygens (including phenoxy) is 3. The van der Waals surface area contributed by atoms with Gasteiger partial charge in [0.15, 0.2) is 12.4 Å². The number of esters is 1. The highest BCUT2D eigenvalue weighted by molar-refractivity contribution is 5.66. The van der Waals surface area contributed by atoms with Gasteiger partial charge in [0, 0.05) is 11.8 Å². The smallest absolute Gasteiger partial charge is 0.303 e. The first kappa shape index (κ1) is 15.5. The van der Waals surface area contributed by atoms with Gasteiger partial charge >= 0.3 is 5.97 Å². The summed E-state index contributed by atoms with van der Waals surface area (Å²) in [4.78, 5) is 13.7. The molecule has 1 fully saturated rings. The molecule has 0 saturated carbocycles. The van der Waals surface area contributed by atoms with Gasteiger partial charge in [0.25, 0.3) is 0 Å². The van der Waals surface area contributed by atoms with Gasteiger partial charge in [-0.05, 0) is 12.5 Å². The van der Waals surface area contributed by atoms with E-state index in [0.29, 0.717) is 0 Å². The standard InChI is InChI=1S/C11H17N3O5/c1-4-5-17-11-10(19-7(3)15)9(16)8(13-14-12)6(2)18-11/h4,6,8-11,16H,1,5H2,2-3H3/t6-,8-,9+,10+,11+/m1/s1. The lowest BCUT2D eigenvalue weighted by Gasteiger charge is -2.40. The molecule has 1 aliphatic rings. The number of hydrogen-bond acceptors (Lipinski definition) is 6. The number of aliphatic hydroxyl groups is 1. The van der Waals surface area contributed by atoms with Crippen molar-refractivity contribution >= 4 is 5.97 Å². The fourth-order valence-electron chi connectivity index (χ4n) is 1.84. The maximum Gasteiger partial charge on any atom is 0.303 e. The van der Waals surface area contributed by atoms with Crippen LogP contribution in [0.1, 0.15) is 13.8 Å². The molecule has 0 unspecified atom stereocenters. The molecule has 1 aliphatic heterocycles. The van der Waals surface area contributed by atoms with Gasteiger partial charge in [-0.25, -0.2) is 0 Å². The summed E-state index contributed by atoms with van der Waals surface area (Å²) in [6.45, 7) is 6.51. The molecule has 0 aromatic carbocycles. The van der Waals surface area contributed by atoms with Crippen molar-refractivity contribution in [1.82, 2.24) is 0 Å². The molecule has 19 heavy (non-hydrogen) atoms. The summed E-state index contributed by atoms with van der Waals surface area (Å²) in [6, 6.07) is -0.849. The van der Waals surface area contributed by atoms with E-state index < -0.39 is 36.6 Å². The van der Waals surface area contributed by atoms with Crippen molar-refractivity contribution < 1.29 is 24.1 Å². The van der Waals surface area contributed by atoms with E-state index in [1.54, 1.807) is 6.92 Å². The van der Waals surface area contributed by atoms with E-state index in [1.165, 1.54) is 13.0 Å². The van der Waals surface area contributed by atoms with Gasteiger partial charge in [-0.3, -0.25) is 4.79 Å². The fourth-order valence-corrected chi connectivity index (χ4v) is 1.84. The van der Waals surface area contributed by atoms with Crippen LogP contribution in [-0.2, 0) is 19.0 Å². The van der Waals surface area contributed by atoms with Crippen LogP contribution < -0.4 is 0 Å². The first-order valence-electron chi connectivity index (χ1n) is 5.78. The lowest BCUT2D eigenvalue weighted by Crippen LogP contribution is -2.58. The Morgan fingerprint density at radius 2 is 2.37 bits per heavy atom. The summed E-state index contributed by atoms with van der Waals surface area (Å²) < 4.78 is 15.7. The van der Waals surface area contributed by atoms with Crippen LogP contribution in [0.4, 0.5) is 0 Å². The van der Waals surface area contributed by atoms with E-state index in [9.17, 15) is 9.90 Å². The quantitative estimate of drug-likeness (QED) is 0.262. The van der Waals surface area contributed by atoms with E-state index in [2.05, 4.69) is 16.6 Å². The Hall–Kier alpha value is -1.60. The van der Waals surface area contributed by atoms with E-state index in [0.717, 1.165) is 0 Å². The highest BCUT2D eigenvalue weighted by Gasteiger charge is 2.45. The second-order valence-electron chi connectivity index (χ2n) is 4.09. The minimum atomic E-state index is -1.20. The topological polar surface area (TPSA) is 114 Å². The van der Waals surface area contributed by atoms with Crippen LogP contribution in [0, 0.1) is 0 Å². The number of carbonyl (C=O) groups excluding carboxylic acids is 1. The predicted octanol–water partition coefficient (Wildman–Crippen LogP) is 0.905. The number of nitrogens with zero attached hydrogens (tertiary/aromatic N) is 3. The van der Waals surface area contributed by atoms with E-state index in [-0.39, 0.29) is 6.61 Å². The molecular weight excluding hydrogens is 254 g/mol. The highest BCUT2D eigenvalue weighted by Crippen LogP contribution is 2.26. The number of hydrogen-bond donors (Lipinski definition) is 1. The molecule has 0 bridgehead atoms. The molecule has 0 spiro atoms. The minimum Gasteiger partial charge on any atom is -0.454 e. The van der Waals surface area contributed by atoms with Crippen molar-refractivity contribution in [3.05, 3.63) is 23.1 Å². The minimum absolute atomic E-state index is 0.175. The molecule has 0 radical (unpaired) electrons. The maximum absolute atomic E-state index is 11.1. The Morgan fingerprint density at radius 1 is 1.68 bits per heavy atom. The Bertz CT molecular complexity index is 383. The Kier molecular flexibility index (Phi) is 5.78. The van der Waals surface area contributed by atoms with Crippen LogP contribution >= 0.6 is 0 Å². The lowest BCUT2D eigenvalue weighted by atomic mass is 9.97. The van der Waals surface area contributed by atoms with Crippen molar-refractivity contribution in [2.24, 2.45) is 5.11 Å². The zero-order valence-corrected chi connectivity index (χ0v) is 10.8. The van der Waals surface area contributed by atoms with Gasteiger partial charge < -0.3 is 19.3 Å². The molecule has 8 nitrogen and oxygen atoms in total. The molecule has 1 heterocycles.